The highest BCUT2D eigenvalue weighted by atomic mass is 32.2. The number of benzene rings is 3. The standard InChI is InChI=1S/C25H25N3O4S2/c1-19-8-5-6-13-24(19)28(34(30,31)23-11-3-2-4-12-23)16-25(29)27-26-15-20-9-7-10-21(14-20)32-22-17-33-18-22/h2-15,22H,16-18H2,1H3,(H,27,29)/b26-15+. The molecule has 0 radical (unpaired) electrons. The number of amides is 1. The minimum absolute atomic E-state index is 0.108. The molecule has 0 unspecified atom stereocenters. The molecule has 3 aromatic carbocycles. The van der Waals surface area contributed by atoms with Crippen molar-refractivity contribution >= 4 is 39.6 Å². The Kier molecular flexibility index (Phi) is 7.54. The maximum atomic E-state index is 13.4. The van der Waals surface area contributed by atoms with Crippen molar-refractivity contribution in [3.63, 3.8) is 0 Å². The van der Waals surface area contributed by atoms with Crippen molar-refractivity contribution in [2.45, 2.75) is 17.9 Å². The number of para-hydroxylation sites is 1. The molecule has 0 aliphatic carbocycles. The lowest BCUT2D eigenvalue weighted by atomic mass is 10.2. The first-order chi connectivity index (χ1) is 16.4. The largest absolute Gasteiger partial charge is 0.489 e. The maximum Gasteiger partial charge on any atom is 0.264 e. The van der Waals surface area contributed by atoms with Gasteiger partial charge in [0.25, 0.3) is 15.9 Å². The number of carbonyl (C=O) groups is 1. The Labute approximate surface area is 203 Å². The van der Waals surface area contributed by atoms with E-state index in [1.54, 1.807) is 43.3 Å². The first-order valence-corrected chi connectivity index (χ1v) is 13.3. The summed E-state index contributed by atoms with van der Waals surface area (Å²) in [6, 6.07) is 22.5. The number of nitrogens with one attached hydrogen (secondary N) is 1. The molecule has 4 rings (SSSR count). The van der Waals surface area contributed by atoms with Crippen molar-refractivity contribution in [3.8, 4) is 5.75 Å². The molecule has 9 heteroatoms. The fourth-order valence-electron chi connectivity index (χ4n) is 3.35. The number of hydrazone groups is 1. The van der Waals surface area contributed by atoms with Gasteiger partial charge in [-0.05, 0) is 48.4 Å². The third kappa shape index (κ3) is 5.78. The fraction of sp³-hybridized carbons (Fsp3) is 0.200. The van der Waals surface area contributed by atoms with Crippen molar-refractivity contribution in [1.29, 1.82) is 0 Å². The number of aryl methyl sites for hydroxylation is 1. The second-order valence-corrected chi connectivity index (χ2v) is 10.7. The Morgan fingerprint density at radius 1 is 1.09 bits per heavy atom. The van der Waals surface area contributed by atoms with Crippen molar-refractivity contribution < 1.29 is 17.9 Å². The third-order valence-electron chi connectivity index (χ3n) is 5.17. The second-order valence-electron chi connectivity index (χ2n) is 7.75. The number of anilines is 1. The molecule has 1 N–H and O–H groups in total. The van der Waals surface area contributed by atoms with E-state index < -0.39 is 22.5 Å². The lowest BCUT2D eigenvalue weighted by Crippen LogP contribution is -2.40. The molecule has 7 nitrogen and oxygen atoms in total. The van der Waals surface area contributed by atoms with Crippen LogP contribution in [0, 0.1) is 6.92 Å². The highest BCUT2D eigenvalue weighted by Crippen LogP contribution is 2.26. The lowest BCUT2D eigenvalue weighted by molar-refractivity contribution is -0.119. The van der Waals surface area contributed by atoms with Crippen LogP contribution in [-0.2, 0) is 14.8 Å². The molecule has 0 aromatic heterocycles. The number of ether oxygens (including phenoxy) is 1. The SMILES string of the molecule is Cc1ccccc1N(CC(=O)N/N=C/c1cccc(OC2CSC2)c1)S(=O)(=O)c1ccccc1. The summed E-state index contributed by atoms with van der Waals surface area (Å²) in [5.74, 6) is 2.16. The van der Waals surface area contributed by atoms with Gasteiger partial charge in [-0.3, -0.25) is 9.10 Å². The average Bonchev–Trinajstić information content (AvgIpc) is 2.81. The summed E-state index contributed by atoms with van der Waals surface area (Å²) in [6.45, 7) is 1.39. The van der Waals surface area contributed by atoms with Gasteiger partial charge in [-0.1, -0.05) is 48.5 Å². The van der Waals surface area contributed by atoms with E-state index in [0.29, 0.717) is 5.69 Å². The summed E-state index contributed by atoms with van der Waals surface area (Å²) in [5.41, 5.74) is 4.37. The summed E-state index contributed by atoms with van der Waals surface area (Å²) < 4.78 is 33.7. The van der Waals surface area contributed by atoms with Crippen LogP contribution in [0.25, 0.3) is 0 Å². The van der Waals surface area contributed by atoms with E-state index in [0.717, 1.165) is 32.7 Å². The number of rotatable bonds is 9. The lowest BCUT2D eigenvalue weighted by Gasteiger charge is -2.25. The minimum atomic E-state index is -3.96. The van der Waals surface area contributed by atoms with Crippen LogP contribution in [0.2, 0.25) is 0 Å². The number of thioether (sulfide) groups is 1. The van der Waals surface area contributed by atoms with Crippen LogP contribution in [0.4, 0.5) is 5.69 Å². The smallest absolute Gasteiger partial charge is 0.264 e. The van der Waals surface area contributed by atoms with Gasteiger partial charge in [-0.15, -0.1) is 0 Å². The fourth-order valence-corrected chi connectivity index (χ4v) is 5.42. The van der Waals surface area contributed by atoms with E-state index >= 15 is 0 Å². The number of hydrogen-bond acceptors (Lipinski definition) is 6. The zero-order valence-corrected chi connectivity index (χ0v) is 20.3. The van der Waals surface area contributed by atoms with Crippen LogP contribution < -0.4 is 14.5 Å². The molecule has 1 heterocycles. The maximum absolute atomic E-state index is 13.4. The van der Waals surface area contributed by atoms with Gasteiger partial charge in [0.15, 0.2) is 0 Å². The van der Waals surface area contributed by atoms with Crippen LogP contribution in [0.3, 0.4) is 0 Å². The molecular formula is C25H25N3O4S2. The molecule has 0 saturated carbocycles. The van der Waals surface area contributed by atoms with E-state index in [2.05, 4.69) is 10.5 Å². The normalized spacial score (nSPS) is 13.9. The molecule has 0 spiro atoms. The number of nitrogens with zero attached hydrogens (tertiary/aromatic N) is 2. The Morgan fingerprint density at radius 3 is 2.53 bits per heavy atom. The average molecular weight is 496 g/mol. The second kappa shape index (κ2) is 10.8. The van der Waals surface area contributed by atoms with Crippen molar-refractivity contribution in [2.75, 3.05) is 22.4 Å². The molecule has 0 atom stereocenters. The van der Waals surface area contributed by atoms with E-state index in [9.17, 15) is 13.2 Å². The molecular weight excluding hydrogens is 470 g/mol. The Balaban J connectivity index is 1.48. The third-order valence-corrected chi connectivity index (χ3v) is 8.16. The van der Waals surface area contributed by atoms with Crippen LogP contribution in [0.5, 0.6) is 5.75 Å². The summed E-state index contributed by atoms with van der Waals surface area (Å²) in [4.78, 5) is 12.8. The zero-order valence-electron chi connectivity index (χ0n) is 18.6. The summed E-state index contributed by atoms with van der Waals surface area (Å²) >= 11 is 1.84. The Bertz CT molecular complexity index is 1280. The van der Waals surface area contributed by atoms with E-state index in [-0.39, 0.29) is 11.0 Å². The number of carbonyl (C=O) groups excluding carboxylic acids is 1. The van der Waals surface area contributed by atoms with Crippen LogP contribution in [-0.4, -0.2) is 44.7 Å². The van der Waals surface area contributed by atoms with Gasteiger partial charge >= 0.3 is 0 Å². The highest BCUT2D eigenvalue weighted by molar-refractivity contribution is 8.00. The predicted molar refractivity (Wildman–Crippen MR) is 136 cm³/mol. The highest BCUT2D eigenvalue weighted by Gasteiger charge is 2.28. The van der Waals surface area contributed by atoms with Gasteiger partial charge in [0.1, 0.15) is 18.4 Å². The summed E-state index contributed by atoms with van der Waals surface area (Å²) in [7, 11) is -3.96. The van der Waals surface area contributed by atoms with Gasteiger partial charge in [0.2, 0.25) is 0 Å². The van der Waals surface area contributed by atoms with Crippen LogP contribution >= 0.6 is 11.8 Å². The number of sulfonamides is 1. The molecule has 1 fully saturated rings. The Morgan fingerprint density at radius 2 is 1.82 bits per heavy atom. The molecule has 34 heavy (non-hydrogen) atoms. The quantitative estimate of drug-likeness (QED) is 0.360. The van der Waals surface area contributed by atoms with Crippen molar-refractivity contribution in [2.24, 2.45) is 5.10 Å². The predicted octanol–water partition coefficient (Wildman–Crippen LogP) is 3.83. The van der Waals surface area contributed by atoms with E-state index in [4.69, 9.17) is 4.74 Å². The van der Waals surface area contributed by atoms with Gasteiger partial charge < -0.3 is 4.74 Å². The minimum Gasteiger partial charge on any atom is -0.489 e. The van der Waals surface area contributed by atoms with E-state index in [1.807, 2.05) is 42.1 Å². The Hall–Kier alpha value is -3.30. The van der Waals surface area contributed by atoms with Gasteiger partial charge in [-0.2, -0.15) is 16.9 Å². The zero-order chi connectivity index (χ0) is 24.0. The first kappa shape index (κ1) is 23.8. The molecule has 1 amide bonds. The van der Waals surface area contributed by atoms with Crippen molar-refractivity contribution in [1.82, 2.24) is 5.43 Å². The molecule has 1 saturated heterocycles. The number of hydrogen-bond donors (Lipinski definition) is 1. The molecule has 176 valence electrons. The van der Waals surface area contributed by atoms with Crippen molar-refractivity contribution in [3.05, 3.63) is 90.0 Å². The first-order valence-electron chi connectivity index (χ1n) is 10.7. The summed E-state index contributed by atoms with van der Waals surface area (Å²) in [6.07, 6.45) is 1.74. The van der Waals surface area contributed by atoms with Crippen LogP contribution in [0.1, 0.15) is 11.1 Å². The van der Waals surface area contributed by atoms with Gasteiger partial charge in [0.05, 0.1) is 16.8 Å². The summed E-state index contributed by atoms with van der Waals surface area (Å²) in [5, 5.41) is 4.01. The van der Waals surface area contributed by atoms with Gasteiger partial charge in [-0.25, -0.2) is 13.8 Å². The molecule has 0 bridgehead atoms. The molecule has 3 aromatic rings. The molecule has 1 aliphatic rings. The van der Waals surface area contributed by atoms with Crippen LogP contribution in [0.15, 0.2) is 88.9 Å². The molecule has 1 aliphatic heterocycles. The van der Waals surface area contributed by atoms with E-state index in [1.165, 1.54) is 18.3 Å². The monoisotopic (exact) mass is 495 g/mol. The van der Waals surface area contributed by atoms with Gasteiger partial charge in [0, 0.05) is 11.5 Å². The topological polar surface area (TPSA) is 88.1 Å².